The number of hydrogen-bond acceptors (Lipinski definition) is 3. The number of nitrogens with zero attached hydrogens (tertiary/aromatic N) is 1. The SMILES string of the molecule is CSc1ccc(-c2oc(C)nc2C2CCCCC2)cc1. The summed E-state index contributed by atoms with van der Waals surface area (Å²) in [6, 6.07) is 8.61. The maximum absolute atomic E-state index is 5.91. The Morgan fingerprint density at radius 2 is 1.80 bits per heavy atom. The van der Waals surface area contributed by atoms with Gasteiger partial charge in [-0.1, -0.05) is 31.4 Å². The molecule has 1 aliphatic rings. The van der Waals surface area contributed by atoms with Crippen LogP contribution in [0.2, 0.25) is 0 Å². The molecule has 1 fully saturated rings. The Morgan fingerprint density at radius 1 is 1.10 bits per heavy atom. The molecule has 0 atom stereocenters. The Bertz CT molecular complexity index is 567. The zero-order valence-corrected chi connectivity index (χ0v) is 13.0. The number of hydrogen-bond donors (Lipinski definition) is 0. The Labute approximate surface area is 125 Å². The van der Waals surface area contributed by atoms with Crippen molar-refractivity contribution in [1.82, 2.24) is 4.98 Å². The minimum Gasteiger partial charge on any atom is -0.441 e. The minimum absolute atomic E-state index is 0.580. The molecule has 0 radical (unpaired) electrons. The fraction of sp³-hybridized carbons (Fsp3) is 0.471. The lowest BCUT2D eigenvalue weighted by Gasteiger charge is -2.20. The van der Waals surface area contributed by atoms with Crippen molar-refractivity contribution in [2.75, 3.05) is 6.26 Å². The van der Waals surface area contributed by atoms with Gasteiger partial charge in [-0.25, -0.2) is 4.98 Å². The first-order valence-corrected chi connectivity index (χ1v) is 8.62. The monoisotopic (exact) mass is 287 g/mol. The Kier molecular flexibility index (Phi) is 4.16. The molecule has 3 rings (SSSR count). The topological polar surface area (TPSA) is 26.0 Å². The molecule has 0 amide bonds. The summed E-state index contributed by atoms with van der Waals surface area (Å²) in [5.41, 5.74) is 2.34. The minimum atomic E-state index is 0.580. The lowest BCUT2D eigenvalue weighted by molar-refractivity contribution is 0.437. The van der Waals surface area contributed by atoms with Gasteiger partial charge in [-0.2, -0.15) is 0 Å². The fourth-order valence-corrected chi connectivity index (χ4v) is 3.45. The van der Waals surface area contributed by atoms with E-state index in [0.717, 1.165) is 17.2 Å². The van der Waals surface area contributed by atoms with Crippen LogP contribution in [-0.4, -0.2) is 11.2 Å². The van der Waals surface area contributed by atoms with Gasteiger partial charge < -0.3 is 4.42 Å². The molecule has 1 heterocycles. The smallest absolute Gasteiger partial charge is 0.192 e. The van der Waals surface area contributed by atoms with Crippen molar-refractivity contribution in [1.29, 1.82) is 0 Å². The van der Waals surface area contributed by atoms with Crippen LogP contribution in [0, 0.1) is 6.92 Å². The Balaban J connectivity index is 1.95. The number of aryl methyl sites for hydroxylation is 1. The molecule has 1 saturated carbocycles. The van der Waals surface area contributed by atoms with Crippen LogP contribution in [0.25, 0.3) is 11.3 Å². The molecule has 0 spiro atoms. The van der Waals surface area contributed by atoms with E-state index < -0.39 is 0 Å². The van der Waals surface area contributed by atoms with Crippen molar-refractivity contribution in [3.63, 3.8) is 0 Å². The highest BCUT2D eigenvalue weighted by molar-refractivity contribution is 7.98. The van der Waals surface area contributed by atoms with E-state index in [9.17, 15) is 0 Å². The molecule has 1 aromatic heterocycles. The zero-order valence-electron chi connectivity index (χ0n) is 12.2. The summed E-state index contributed by atoms with van der Waals surface area (Å²) in [6.45, 7) is 1.95. The molecule has 2 nitrogen and oxygen atoms in total. The summed E-state index contributed by atoms with van der Waals surface area (Å²) >= 11 is 1.76. The summed E-state index contributed by atoms with van der Waals surface area (Å²) in [4.78, 5) is 5.96. The summed E-state index contributed by atoms with van der Waals surface area (Å²) < 4.78 is 5.91. The predicted octanol–water partition coefficient (Wildman–Crippen LogP) is 5.42. The van der Waals surface area contributed by atoms with E-state index in [-0.39, 0.29) is 0 Å². The zero-order chi connectivity index (χ0) is 13.9. The highest BCUT2D eigenvalue weighted by Gasteiger charge is 2.24. The molecule has 0 bridgehead atoms. The largest absolute Gasteiger partial charge is 0.441 e. The maximum atomic E-state index is 5.91. The van der Waals surface area contributed by atoms with E-state index in [2.05, 4.69) is 35.5 Å². The second kappa shape index (κ2) is 6.04. The lowest BCUT2D eigenvalue weighted by atomic mass is 9.85. The normalized spacial score (nSPS) is 16.5. The van der Waals surface area contributed by atoms with E-state index in [0.29, 0.717) is 5.92 Å². The number of aromatic nitrogens is 1. The molecule has 0 N–H and O–H groups in total. The van der Waals surface area contributed by atoms with Crippen molar-refractivity contribution in [3.8, 4) is 11.3 Å². The van der Waals surface area contributed by atoms with Gasteiger partial charge in [0.2, 0.25) is 0 Å². The van der Waals surface area contributed by atoms with Crippen LogP contribution in [0.15, 0.2) is 33.6 Å². The highest BCUT2D eigenvalue weighted by atomic mass is 32.2. The van der Waals surface area contributed by atoms with Crippen LogP contribution in [0.1, 0.15) is 49.6 Å². The van der Waals surface area contributed by atoms with Gasteiger partial charge in [0.15, 0.2) is 11.7 Å². The second-order valence-corrected chi connectivity index (χ2v) is 6.39. The summed E-state index contributed by atoms with van der Waals surface area (Å²) in [5.74, 6) is 2.35. The quantitative estimate of drug-likeness (QED) is 0.705. The van der Waals surface area contributed by atoms with Crippen molar-refractivity contribution < 1.29 is 4.42 Å². The van der Waals surface area contributed by atoms with Crippen molar-refractivity contribution in [2.45, 2.75) is 49.8 Å². The first-order valence-electron chi connectivity index (χ1n) is 7.39. The third kappa shape index (κ3) is 2.78. The van der Waals surface area contributed by atoms with Gasteiger partial charge in [0.1, 0.15) is 0 Å². The molecule has 1 aromatic carbocycles. The molecule has 1 aliphatic carbocycles. The first-order chi connectivity index (χ1) is 9.78. The predicted molar refractivity (Wildman–Crippen MR) is 84.3 cm³/mol. The van der Waals surface area contributed by atoms with E-state index in [4.69, 9.17) is 4.42 Å². The summed E-state index contributed by atoms with van der Waals surface area (Å²) in [7, 11) is 0. The van der Waals surface area contributed by atoms with Crippen LogP contribution >= 0.6 is 11.8 Å². The average molecular weight is 287 g/mol. The number of rotatable bonds is 3. The van der Waals surface area contributed by atoms with Crippen molar-refractivity contribution in [2.24, 2.45) is 0 Å². The van der Waals surface area contributed by atoms with Gasteiger partial charge in [0.05, 0.1) is 5.69 Å². The van der Waals surface area contributed by atoms with Crippen molar-refractivity contribution >= 4 is 11.8 Å². The average Bonchev–Trinajstić information content (AvgIpc) is 2.90. The fourth-order valence-electron chi connectivity index (χ4n) is 3.05. The molecule has 0 unspecified atom stereocenters. The molecule has 0 aliphatic heterocycles. The maximum Gasteiger partial charge on any atom is 0.192 e. The Hall–Kier alpha value is -1.22. The highest BCUT2D eigenvalue weighted by Crippen LogP contribution is 2.38. The van der Waals surface area contributed by atoms with Crippen LogP contribution in [0.4, 0.5) is 0 Å². The molecular weight excluding hydrogens is 266 g/mol. The number of thioether (sulfide) groups is 1. The molecule has 0 saturated heterocycles. The second-order valence-electron chi connectivity index (χ2n) is 5.51. The molecule has 20 heavy (non-hydrogen) atoms. The van der Waals surface area contributed by atoms with E-state index in [1.165, 1.54) is 42.7 Å². The van der Waals surface area contributed by atoms with E-state index in [1.807, 2.05) is 6.92 Å². The standard InChI is InChI=1S/C17H21NOS/c1-12-18-16(13-6-4-3-5-7-13)17(19-12)14-8-10-15(20-2)11-9-14/h8-11,13H,3-7H2,1-2H3. The number of oxazole rings is 1. The third-order valence-electron chi connectivity index (χ3n) is 4.10. The van der Waals surface area contributed by atoms with Crippen LogP contribution in [0.3, 0.4) is 0 Å². The van der Waals surface area contributed by atoms with Gasteiger partial charge in [-0.3, -0.25) is 0 Å². The van der Waals surface area contributed by atoms with Gasteiger partial charge in [-0.05, 0) is 31.2 Å². The van der Waals surface area contributed by atoms with Gasteiger partial charge in [0, 0.05) is 23.3 Å². The molecule has 106 valence electrons. The van der Waals surface area contributed by atoms with Crippen LogP contribution < -0.4 is 0 Å². The number of benzene rings is 1. The van der Waals surface area contributed by atoms with Gasteiger partial charge >= 0.3 is 0 Å². The van der Waals surface area contributed by atoms with Crippen LogP contribution in [-0.2, 0) is 0 Å². The van der Waals surface area contributed by atoms with E-state index in [1.54, 1.807) is 11.8 Å². The first kappa shape index (κ1) is 13.7. The van der Waals surface area contributed by atoms with Crippen LogP contribution in [0.5, 0.6) is 0 Å². The Morgan fingerprint density at radius 3 is 2.45 bits per heavy atom. The summed E-state index contributed by atoms with van der Waals surface area (Å²) in [5, 5.41) is 0. The molecular formula is C17H21NOS. The van der Waals surface area contributed by atoms with E-state index >= 15 is 0 Å². The lowest BCUT2D eigenvalue weighted by Crippen LogP contribution is -2.06. The molecule has 3 heteroatoms. The molecule has 2 aromatic rings. The van der Waals surface area contributed by atoms with Crippen molar-refractivity contribution in [3.05, 3.63) is 35.9 Å². The third-order valence-corrected chi connectivity index (χ3v) is 4.85. The van der Waals surface area contributed by atoms with Gasteiger partial charge in [0.25, 0.3) is 0 Å². The van der Waals surface area contributed by atoms with Gasteiger partial charge in [-0.15, -0.1) is 11.8 Å². The summed E-state index contributed by atoms with van der Waals surface area (Å²) in [6.07, 6.45) is 8.61.